The number of rotatable bonds is 7. The number of furan rings is 1. The molecule has 1 aromatic carbocycles. The molecule has 5 heteroatoms. The van der Waals surface area contributed by atoms with E-state index in [0.29, 0.717) is 5.78 Å². The van der Waals surface area contributed by atoms with Crippen molar-refractivity contribution < 1.29 is 13.6 Å². The molecule has 34 heavy (non-hydrogen) atoms. The van der Waals surface area contributed by atoms with Crippen LogP contribution in [0, 0.1) is 11.7 Å². The maximum absolute atomic E-state index is 14.2. The molecule has 1 unspecified atom stereocenters. The third-order valence-corrected chi connectivity index (χ3v) is 7.51. The van der Waals surface area contributed by atoms with Gasteiger partial charge >= 0.3 is 0 Å². The number of ketones is 1. The second-order valence-electron chi connectivity index (χ2n) is 9.76. The predicted molar refractivity (Wildman–Crippen MR) is 133 cm³/mol. The monoisotopic (exact) mass is 460 g/mol. The smallest absolute Gasteiger partial charge is 0.145 e. The molecule has 2 aliphatic rings. The highest BCUT2D eigenvalue weighted by Gasteiger charge is 2.30. The topological polar surface area (TPSA) is 46.3 Å². The van der Waals surface area contributed by atoms with E-state index in [1.807, 2.05) is 24.3 Å². The van der Waals surface area contributed by atoms with Gasteiger partial charge in [-0.15, -0.1) is 0 Å². The highest BCUT2D eigenvalue weighted by molar-refractivity contribution is 5.90. The number of pyridine rings is 1. The Labute approximate surface area is 200 Å². The summed E-state index contributed by atoms with van der Waals surface area (Å²) < 4.78 is 19.9. The molecular formula is C29H33FN2O2. The van der Waals surface area contributed by atoms with Gasteiger partial charge < -0.3 is 4.42 Å². The van der Waals surface area contributed by atoms with Crippen molar-refractivity contribution in [2.75, 3.05) is 19.6 Å². The second kappa shape index (κ2) is 10.6. The first kappa shape index (κ1) is 23.0. The first-order valence-electron chi connectivity index (χ1n) is 12.7. The lowest BCUT2D eigenvalue weighted by molar-refractivity contribution is -0.125. The van der Waals surface area contributed by atoms with E-state index in [1.165, 1.54) is 12.5 Å². The summed E-state index contributed by atoms with van der Waals surface area (Å²) in [6, 6.07) is 10.8. The minimum atomic E-state index is -0.231. The van der Waals surface area contributed by atoms with Crippen LogP contribution >= 0.6 is 0 Å². The van der Waals surface area contributed by atoms with E-state index in [2.05, 4.69) is 16.0 Å². The van der Waals surface area contributed by atoms with E-state index in [-0.39, 0.29) is 17.7 Å². The molecular weight excluding hydrogens is 427 g/mol. The maximum Gasteiger partial charge on any atom is 0.145 e. The number of halogens is 1. The van der Waals surface area contributed by atoms with Crippen LogP contribution in [0.5, 0.6) is 0 Å². The molecule has 1 fully saturated rings. The van der Waals surface area contributed by atoms with E-state index >= 15 is 0 Å². The third kappa shape index (κ3) is 5.15. The van der Waals surface area contributed by atoms with Gasteiger partial charge in [-0.2, -0.15) is 0 Å². The average Bonchev–Trinajstić information content (AvgIpc) is 3.22. The number of Topliss-reactive ketones (excluding diaryl/α,β-unsaturated/α-hetero) is 1. The second-order valence-corrected chi connectivity index (χ2v) is 9.76. The molecule has 1 atom stereocenters. The lowest BCUT2D eigenvalue weighted by atomic mass is 9.79. The van der Waals surface area contributed by atoms with Crippen molar-refractivity contribution in [1.82, 2.24) is 9.88 Å². The van der Waals surface area contributed by atoms with Crippen LogP contribution in [-0.4, -0.2) is 35.3 Å². The van der Waals surface area contributed by atoms with Gasteiger partial charge in [0.2, 0.25) is 0 Å². The van der Waals surface area contributed by atoms with Gasteiger partial charge in [-0.05, 0) is 81.1 Å². The van der Waals surface area contributed by atoms with Crippen LogP contribution in [0.25, 0.3) is 16.5 Å². The van der Waals surface area contributed by atoms with Crippen molar-refractivity contribution in [3.63, 3.8) is 0 Å². The molecule has 0 N–H and O–H groups in total. The molecule has 5 rings (SSSR count). The summed E-state index contributed by atoms with van der Waals surface area (Å²) in [4.78, 5) is 20.5. The van der Waals surface area contributed by atoms with Gasteiger partial charge in [0.25, 0.3) is 0 Å². The molecule has 3 heterocycles. The van der Waals surface area contributed by atoms with Crippen LogP contribution in [0.2, 0.25) is 0 Å². The molecule has 0 saturated heterocycles. The number of benzene rings is 1. The number of hydrogen-bond donors (Lipinski definition) is 0. The molecule has 1 aliphatic carbocycles. The Kier molecular flexibility index (Phi) is 7.19. The largest absolute Gasteiger partial charge is 0.464 e. The van der Waals surface area contributed by atoms with Gasteiger partial charge in [0.05, 0.1) is 17.9 Å². The molecule has 3 aromatic rings. The van der Waals surface area contributed by atoms with Crippen LogP contribution in [0.3, 0.4) is 0 Å². The summed E-state index contributed by atoms with van der Waals surface area (Å²) >= 11 is 0. The number of fused-ring (bicyclic) bond motifs is 1. The van der Waals surface area contributed by atoms with Gasteiger partial charge in [0.15, 0.2) is 0 Å². The summed E-state index contributed by atoms with van der Waals surface area (Å²) in [6.07, 6.45) is 13.9. The summed E-state index contributed by atoms with van der Waals surface area (Å²) in [7, 11) is 0. The van der Waals surface area contributed by atoms with Gasteiger partial charge in [0, 0.05) is 29.6 Å². The molecule has 0 bridgehead atoms. The van der Waals surface area contributed by atoms with Crippen molar-refractivity contribution in [3.8, 4) is 0 Å². The summed E-state index contributed by atoms with van der Waals surface area (Å²) in [5.74, 6) is 0.191. The SMILES string of the molecule is O=C(C1CCCCC1)C(CCN1CC=C(c2cc(F)cc3ccoc23)CCC1)c1ccccn1. The Balaban J connectivity index is 1.29. The standard InChI is InChI=1S/C29H33FN2O2/c30-24-19-23-13-18-34-29(23)26(20-24)21-9-6-15-32(16-11-21)17-12-25(27-10-4-5-14-31-27)28(33)22-7-2-1-3-8-22/h4-5,10-11,13-14,18-20,22,25H,1-3,6-9,12,15-17H2. The number of hydrogen-bond acceptors (Lipinski definition) is 4. The Hall–Kier alpha value is -2.79. The van der Waals surface area contributed by atoms with Crippen LogP contribution in [0.4, 0.5) is 4.39 Å². The molecule has 1 aliphatic heterocycles. The van der Waals surface area contributed by atoms with Crippen LogP contribution < -0.4 is 0 Å². The fourth-order valence-corrected chi connectivity index (χ4v) is 5.66. The zero-order valence-electron chi connectivity index (χ0n) is 19.7. The Bertz CT molecular complexity index is 1150. The zero-order chi connectivity index (χ0) is 23.3. The first-order valence-corrected chi connectivity index (χ1v) is 12.7. The van der Waals surface area contributed by atoms with E-state index in [0.717, 1.165) is 92.4 Å². The summed E-state index contributed by atoms with van der Waals surface area (Å²) in [5, 5.41) is 0.802. The molecule has 2 aromatic heterocycles. The molecule has 4 nitrogen and oxygen atoms in total. The van der Waals surface area contributed by atoms with E-state index in [9.17, 15) is 9.18 Å². The third-order valence-electron chi connectivity index (χ3n) is 7.51. The number of nitrogens with zero attached hydrogens (tertiary/aromatic N) is 2. The average molecular weight is 461 g/mol. The van der Waals surface area contributed by atoms with Crippen molar-refractivity contribution in [1.29, 1.82) is 0 Å². The van der Waals surface area contributed by atoms with E-state index < -0.39 is 0 Å². The minimum Gasteiger partial charge on any atom is -0.464 e. The van der Waals surface area contributed by atoms with Crippen molar-refractivity contribution in [2.45, 2.75) is 57.3 Å². The van der Waals surface area contributed by atoms with Gasteiger partial charge in [-0.3, -0.25) is 14.7 Å². The maximum atomic E-state index is 14.2. The highest BCUT2D eigenvalue weighted by Crippen LogP contribution is 2.33. The van der Waals surface area contributed by atoms with Crippen molar-refractivity contribution in [2.24, 2.45) is 5.92 Å². The van der Waals surface area contributed by atoms with Gasteiger partial charge in [-0.1, -0.05) is 31.4 Å². The quantitative estimate of drug-likeness (QED) is 0.390. The Morgan fingerprint density at radius 1 is 1.15 bits per heavy atom. The Morgan fingerprint density at radius 2 is 2.03 bits per heavy atom. The molecule has 1 saturated carbocycles. The first-order chi connectivity index (χ1) is 16.7. The van der Waals surface area contributed by atoms with Crippen LogP contribution in [0.15, 0.2) is 59.4 Å². The number of carbonyl (C=O) groups excluding carboxylic acids is 1. The predicted octanol–water partition coefficient (Wildman–Crippen LogP) is 6.77. The number of allylic oxidation sites excluding steroid dienone is 1. The zero-order valence-corrected chi connectivity index (χ0v) is 19.7. The van der Waals surface area contributed by atoms with Crippen molar-refractivity contribution in [3.05, 3.63) is 72.0 Å². The van der Waals surface area contributed by atoms with E-state index in [1.54, 1.807) is 18.5 Å². The fraction of sp³-hybridized carbons (Fsp3) is 0.448. The van der Waals surface area contributed by atoms with Crippen LogP contribution in [0.1, 0.15) is 68.5 Å². The fourth-order valence-electron chi connectivity index (χ4n) is 5.66. The minimum absolute atomic E-state index is 0.137. The molecule has 0 radical (unpaired) electrons. The molecule has 178 valence electrons. The summed E-state index contributed by atoms with van der Waals surface area (Å²) in [6.45, 7) is 2.60. The molecule has 0 amide bonds. The Morgan fingerprint density at radius 3 is 2.85 bits per heavy atom. The normalized spacial score (nSPS) is 19.0. The number of carbonyl (C=O) groups is 1. The van der Waals surface area contributed by atoms with Gasteiger partial charge in [0.1, 0.15) is 17.2 Å². The highest BCUT2D eigenvalue weighted by atomic mass is 19.1. The summed E-state index contributed by atoms with van der Waals surface area (Å²) in [5.41, 5.74) is 3.67. The van der Waals surface area contributed by atoms with E-state index in [4.69, 9.17) is 4.42 Å². The van der Waals surface area contributed by atoms with Gasteiger partial charge in [-0.25, -0.2) is 4.39 Å². The number of aromatic nitrogens is 1. The lowest BCUT2D eigenvalue weighted by Crippen LogP contribution is -2.30. The lowest BCUT2D eigenvalue weighted by Gasteiger charge is -2.27. The van der Waals surface area contributed by atoms with Crippen LogP contribution in [-0.2, 0) is 4.79 Å². The molecule has 0 spiro atoms. The van der Waals surface area contributed by atoms with Crippen molar-refractivity contribution >= 4 is 22.3 Å².